The summed E-state index contributed by atoms with van der Waals surface area (Å²) in [7, 11) is 0. The van der Waals surface area contributed by atoms with E-state index < -0.39 is 0 Å². The molecule has 0 saturated heterocycles. The summed E-state index contributed by atoms with van der Waals surface area (Å²) >= 11 is 0. The number of H-pyrrole nitrogens is 2. The van der Waals surface area contributed by atoms with Gasteiger partial charge in [-0.15, -0.1) is 0 Å². The van der Waals surface area contributed by atoms with Crippen molar-refractivity contribution in [3.8, 4) is 11.4 Å². The quantitative estimate of drug-likeness (QED) is 0.619. The molecule has 0 fully saturated rings. The third-order valence-corrected chi connectivity index (χ3v) is 2.57. The first-order chi connectivity index (χ1) is 7.33. The Bertz CT molecular complexity index is 590. The zero-order valence-corrected chi connectivity index (χ0v) is 8.41. The molecule has 3 heteroatoms. The van der Waals surface area contributed by atoms with Crippen LogP contribution < -0.4 is 0 Å². The molecule has 0 saturated carbocycles. The molecule has 0 atom stereocenters. The van der Waals surface area contributed by atoms with Crippen LogP contribution in [-0.2, 0) is 0 Å². The van der Waals surface area contributed by atoms with E-state index in [1.54, 1.807) is 6.20 Å². The summed E-state index contributed by atoms with van der Waals surface area (Å²) in [5.41, 5.74) is 4.53. The van der Waals surface area contributed by atoms with Crippen molar-refractivity contribution >= 4 is 10.9 Å². The van der Waals surface area contributed by atoms with Crippen LogP contribution in [0.4, 0.5) is 0 Å². The highest BCUT2D eigenvalue weighted by molar-refractivity contribution is 5.85. The lowest BCUT2D eigenvalue weighted by atomic mass is 10.2. The van der Waals surface area contributed by atoms with Crippen molar-refractivity contribution in [2.75, 3.05) is 0 Å². The van der Waals surface area contributed by atoms with Crippen molar-refractivity contribution in [3.05, 3.63) is 42.1 Å². The van der Waals surface area contributed by atoms with Gasteiger partial charge in [-0.1, -0.05) is 11.6 Å². The molecule has 0 amide bonds. The second kappa shape index (κ2) is 2.98. The lowest BCUT2D eigenvalue weighted by molar-refractivity contribution is 1.09. The smallest absolute Gasteiger partial charge is 0.0812 e. The second-order valence-corrected chi connectivity index (χ2v) is 3.74. The molecule has 0 aliphatic heterocycles. The van der Waals surface area contributed by atoms with E-state index in [-0.39, 0.29) is 0 Å². The highest BCUT2D eigenvalue weighted by Gasteiger charge is 2.03. The average molecular weight is 197 g/mol. The van der Waals surface area contributed by atoms with Crippen LogP contribution in [0.2, 0.25) is 0 Å². The Morgan fingerprint density at radius 1 is 1.07 bits per heavy atom. The molecule has 3 aromatic rings. The van der Waals surface area contributed by atoms with Gasteiger partial charge in [-0.05, 0) is 31.2 Å². The maximum Gasteiger partial charge on any atom is 0.0812 e. The van der Waals surface area contributed by atoms with Crippen molar-refractivity contribution in [3.63, 3.8) is 0 Å². The number of benzene rings is 1. The molecule has 1 aromatic carbocycles. The lowest BCUT2D eigenvalue weighted by Gasteiger charge is -1.90. The number of nitrogens with zero attached hydrogens (tertiary/aromatic N) is 1. The highest BCUT2D eigenvalue weighted by atomic mass is 15.1. The van der Waals surface area contributed by atoms with Gasteiger partial charge < -0.3 is 4.98 Å². The van der Waals surface area contributed by atoms with E-state index in [1.165, 1.54) is 10.9 Å². The van der Waals surface area contributed by atoms with Gasteiger partial charge in [0.2, 0.25) is 0 Å². The van der Waals surface area contributed by atoms with E-state index in [0.29, 0.717) is 0 Å². The van der Waals surface area contributed by atoms with Crippen LogP contribution in [0.1, 0.15) is 5.56 Å². The number of aromatic amines is 2. The third-order valence-electron chi connectivity index (χ3n) is 2.57. The highest BCUT2D eigenvalue weighted by Crippen LogP contribution is 2.22. The number of nitrogens with one attached hydrogen (secondary N) is 2. The number of hydrogen-bond acceptors (Lipinski definition) is 1. The van der Waals surface area contributed by atoms with Gasteiger partial charge in [0.05, 0.1) is 11.4 Å². The van der Waals surface area contributed by atoms with E-state index in [4.69, 9.17) is 0 Å². The molecule has 74 valence electrons. The second-order valence-electron chi connectivity index (χ2n) is 3.74. The summed E-state index contributed by atoms with van der Waals surface area (Å²) in [6.07, 6.45) is 1.76. The molecule has 15 heavy (non-hydrogen) atoms. The van der Waals surface area contributed by atoms with Crippen molar-refractivity contribution < 1.29 is 0 Å². The minimum Gasteiger partial charge on any atom is -0.353 e. The molecule has 0 unspecified atom stereocenters. The summed E-state index contributed by atoms with van der Waals surface area (Å²) in [6.45, 7) is 2.10. The first-order valence-corrected chi connectivity index (χ1v) is 4.92. The van der Waals surface area contributed by atoms with E-state index in [9.17, 15) is 0 Å². The SMILES string of the molecule is Cc1ccc2[nH]c(-c3ccn[nH]3)cc2c1. The third kappa shape index (κ3) is 1.32. The van der Waals surface area contributed by atoms with Crippen LogP contribution in [0.3, 0.4) is 0 Å². The fraction of sp³-hybridized carbons (Fsp3) is 0.0833. The Hall–Kier alpha value is -2.03. The van der Waals surface area contributed by atoms with Gasteiger partial charge in [-0.2, -0.15) is 5.10 Å². The first kappa shape index (κ1) is 8.29. The van der Waals surface area contributed by atoms with Gasteiger partial charge in [-0.25, -0.2) is 0 Å². The van der Waals surface area contributed by atoms with Crippen molar-refractivity contribution in [2.45, 2.75) is 6.92 Å². The Morgan fingerprint density at radius 3 is 2.80 bits per heavy atom. The molecule has 0 aliphatic carbocycles. The molecule has 2 N–H and O–H groups in total. The Kier molecular flexibility index (Phi) is 1.65. The maximum atomic E-state index is 3.94. The monoisotopic (exact) mass is 197 g/mol. The normalized spacial score (nSPS) is 11.0. The predicted octanol–water partition coefficient (Wildman–Crippen LogP) is 2.87. The fourth-order valence-electron chi connectivity index (χ4n) is 1.80. The van der Waals surface area contributed by atoms with Crippen LogP contribution in [0, 0.1) is 6.92 Å². The van der Waals surface area contributed by atoms with Crippen LogP contribution >= 0.6 is 0 Å². The number of aromatic nitrogens is 3. The van der Waals surface area contributed by atoms with Crippen LogP contribution in [-0.4, -0.2) is 15.2 Å². The predicted molar refractivity (Wildman–Crippen MR) is 60.6 cm³/mol. The standard InChI is InChI=1S/C12H11N3/c1-8-2-3-10-9(6-8)7-12(14-10)11-4-5-13-15-11/h2-7,14H,1H3,(H,13,15). The molecule has 0 bridgehead atoms. The van der Waals surface area contributed by atoms with Crippen LogP contribution in [0.15, 0.2) is 36.5 Å². The van der Waals surface area contributed by atoms with Crippen molar-refractivity contribution in [2.24, 2.45) is 0 Å². The van der Waals surface area contributed by atoms with E-state index in [2.05, 4.69) is 46.4 Å². The van der Waals surface area contributed by atoms with Gasteiger partial charge in [0, 0.05) is 17.1 Å². The molecule has 0 spiro atoms. The minimum atomic E-state index is 1.02. The van der Waals surface area contributed by atoms with Crippen molar-refractivity contribution in [1.29, 1.82) is 0 Å². The maximum absolute atomic E-state index is 3.94. The summed E-state index contributed by atoms with van der Waals surface area (Å²) in [5, 5.41) is 8.12. The Labute approximate surface area is 87.1 Å². The molecular weight excluding hydrogens is 186 g/mol. The molecule has 0 aliphatic rings. The van der Waals surface area contributed by atoms with Gasteiger partial charge in [-0.3, -0.25) is 5.10 Å². The lowest BCUT2D eigenvalue weighted by Crippen LogP contribution is -1.76. The Morgan fingerprint density at radius 2 is 2.00 bits per heavy atom. The molecule has 0 radical (unpaired) electrons. The molecule has 2 aromatic heterocycles. The summed E-state index contributed by atoms with van der Waals surface area (Å²) in [4.78, 5) is 3.35. The summed E-state index contributed by atoms with van der Waals surface area (Å²) < 4.78 is 0. The van der Waals surface area contributed by atoms with Gasteiger partial charge in [0.15, 0.2) is 0 Å². The number of fused-ring (bicyclic) bond motifs is 1. The largest absolute Gasteiger partial charge is 0.353 e. The minimum absolute atomic E-state index is 1.02. The topological polar surface area (TPSA) is 44.5 Å². The van der Waals surface area contributed by atoms with Gasteiger partial charge >= 0.3 is 0 Å². The zero-order chi connectivity index (χ0) is 10.3. The number of rotatable bonds is 1. The molecule has 3 rings (SSSR count). The Balaban J connectivity index is 2.22. The van der Waals surface area contributed by atoms with Crippen LogP contribution in [0.25, 0.3) is 22.3 Å². The molecular formula is C12H11N3. The number of aryl methyl sites for hydroxylation is 1. The number of hydrogen-bond donors (Lipinski definition) is 2. The zero-order valence-electron chi connectivity index (χ0n) is 8.41. The summed E-state index contributed by atoms with van der Waals surface area (Å²) in [6, 6.07) is 10.5. The van der Waals surface area contributed by atoms with Gasteiger partial charge in [0.25, 0.3) is 0 Å². The average Bonchev–Trinajstić information content (AvgIpc) is 2.84. The van der Waals surface area contributed by atoms with E-state index >= 15 is 0 Å². The van der Waals surface area contributed by atoms with E-state index in [1.807, 2.05) is 6.07 Å². The fourth-order valence-corrected chi connectivity index (χ4v) is 1.80. The molecule has 3 nitrogen and oxygen atoms in total. The van der Waals surface area contributed by atoms with Gasteiger partial charge in [0.1, 0.15) is 0 Å². The van der Waals surface area contributed by atoms with E-state index in [0.717, 1.165) is 16.9 Å². The first-order valence-electron chi connectivity index (χ1n) is 4.92. The molecule has 2 heterocycles. The van der Waals surface area contributed by atoms with Crippen LogP contribution in [0.5, 0.6) is 0 Å². The summed E-state index contributed by atoms with van der Waals surface area (Å²) in [5.74, 6) is 0. The van der Waals surface area contributed by atoms with Crippen molar-refractivity contribution in [1.82, 2.24) is 15.2 Å².